The third-order valence-corrected chi connectivity index (χ3v) is 2.83. The van der Waals surface area contributed by atoms with Crippen LogP contribution in [0.4, 0.5) is 0 Å². The maximum atomic E-state index is 11.4. The van der Waals surface area contributed by atoms with Gasteiger partial charge in [0.25, 0.3) is 0 Å². The van der Waals surface area contributed by atoms with Gasteiger partial charge in [0.2, 0.25) is 5.91 Å². The van der Waals surface area contributed by atoms with Crippen LogP contribution >= 0.6 is 0 Å². The van der Waals surface area contributed by atoms with Gasteiger partial charge in [0, 0.05) is 12.0 Å². The van der Waals surface area contributed by atoms with Crippen molar-refractivity contribution < 1.29 is 14.3 Å². The second-order valence-corrected chi connectivity index (χ2v) is 4.60. The van der Waals surface area contributed by atoms with Crippen molar-refractivity contribution >= 4 is 11.9 Å². The molecule has 0 radical (unpaired) electrons. The summed E-state index contributed by atoms with van der Waals surface area (Å²) < 4.78 is 4.60. The molecular formula is C10H18N2O3. The molecule has 0 unspecified atom stereocenters. The monoisotopic (exact) mass is 214 g/mol. The van der Waals surface area contributed by atoms with Crippen molar-refractivity contribution in [3.05, 3.63) is 0 Å². The lowest BCUT2D eigenvalue weighted by atomic mass is 9.79. The molecule has 15 heavy (non-hydrogen) atoms. The van der Waals surface area contributed by atoms with E-state index in [1.165, 1.54) is 7.11 Å². The summed E-state index contributed by atoms with van der Waals surface area (Å²) in [5.74, 6) is -0.534. The number of nitrogens with one attached hydrogen (secondary N) is 1. The molecule has 1 saturated heterocycles. The summed E-state index contributed by atoms with van der Waals surface area (Å²) in [6.07, 6.45) is 0.916. The Morgan fingerprint density at radius 3 is 2.67 bits per heavy atom. The molecule has 1 fully saturated rings. The Labute approximate surface area is 89.3 Å². The summed E-state index contributed by atoms with van der Waals surface area (Å²) in [7, 11) is 1.31. The third kappa shape index (κ3) is 2.92. The molecule has 0 aromatic heterocycles. The van der Waals surface area contributed by atoms with E-state index in [2.05, 4.69) is 10.1 Å². The number of carbonyl (C=O) groups is 2. The molecule has 1 heterocycles. The fraction of sp³-hybridized carbons (Fsp3) is 0.800. The Bertz CT molecular complexity index is 270. The van der Waals surface area contributed by atoms with Crippen molar-refractivity contribution in [2.75, 3.05) is 7.11 Å². The van der Waals surface area contributed by atoms with Gasteiger partial charge in [-0.15, -0.1) is 0 Å². The molecule has 1 aliphatic heterocycles. The molecule has 1 amide bonds. The lowest BCUT2D eigenvalue weighted by molar-refractivity contribution is -0.147. The number of methoxy groups -OCH3 is 1. The molecule has 3 N–H and O–H groups in total. The summed E-state index contributed by atoms with van der Waals surface area (Å²) in [5, 5.41) is 2.60. The quantitative estimate of drug-likeness (QED) is 0.623. The smallest absolute Gasteiger partial charge is 0.328 e. The molecular weight excluding hydrogens is 196 g/mol. The molecule has 2 atom stereocenters. The van der Waals surface area contributed by atoms with E-state index in [0.29, 0.717) is 12.8 Å². The van der Waals surface area contributed by atoms with E-state index >= 15 is 0 Å². The largest absolute Gasteiger partial charge is 0.467 e. The van der Waals surface area contributed by atoms with Crippen LogP contribution in [0.1, 0.15) is 26.7 Å². The first-order valence-corrected chi connectivity index (χ1v) is 5.00. The van der Waals surface area contributed by atoms with Crippen LogP contribution in [0.15, 0.2) is 0 Å². The second-order valence-electron chi connectivity index (χ2n) is 4.60. The van der Waals surface area contributed by atoms with E-state index in [1.54, 1.807) is 0 Å². The number of esters is 1. The molecule has 0 spiro atoms. The van der Waals surface area contributed by atoms with Crippen LogP contribution in [0.2, 0.25) is 0 Å². The first-order chi connectivity index (χ1) is 6.84. The molecule has 0 aromatic rings. The van der Waals surface area contributed by atoms with E-state index in [-0.39, 0.29) is 11.8 Å². The number of amides is 1. The average molecular weight is 214 g/mol. The van der Waals surface area contributed by atoms with E-state index < -0.39 is 17.6 Å². The normalized spacial score (nSPS) is 27.1. The predicted molar refractivity (Wildman–Crippen MR) is 54.9 cm³/mol. The lowest BCUT2D eigenvalue weighted by Crippen LogP contribution is -2.54. The maximum absolute atomic E-state index is 11.4. The molecule has 0 aromatic carbocycles. The van der Waals surface area contributed by atoms with Gasteiger partial charge in [0.15, 0.2) is 0 Å². The fourth-order valence-corrected chi connectivity index (χ4v) is 1.77. The van der Waals surface area contributed by atoms with Crippen molar-refractivity contribution in [3.63, 3.8) is 0 Å². The van der Waals surface area contributed by atoms with Gasteiger partial charge in [0.1, 0.15) is 6.04 Å². The van der Waals surface area contributed by atoms with Gasteiger partial charge >= 0.3 is 5.97 Å². The molecule has 1 rings (SSSR count). The number of nitrogens with two attached hydrogens (primary N) is 1. The van der Waals surface area contributed by atoms with Crippen molar-refractivity contribution in [3.8, 4) is 0 Å². The summed E-state index contributed by atoms with van der Waals surface area (Å²) in [6, 6.07) is -0.552. The highest BCUT2D eigenvalue weighted by molar-refractivity contribution is 5.86. The summed E-state index contributed by atoms with van der Waals surface area (Å²) >= 11 is 0. The second kappa shape index (κ2) is 4.18. The minimum Gasteiger partial charge on any atom is -0.467 e. The number of hydrogen-bond acceptors (Lipinski definition) is 4. The predicted octanol–water partition coefficient (Wildman–Crippen LogP) is -0.208. The highest BCUT2D eigenvalue weighted by Crippen LogP contribution is 2.26. The van der Waals surface area contributed by atoms with Gasteiger partial charge in [0.05, 0.1) is 7.11 Å². The lowest BCUT2D eigenvalue weighted by Gasteiger charge is -2.36. The van der Waals surface area contributed by atoms with Crippen LogP contribution in [0.3, 0.4) is 0 Å². The number of carbonyl (C=O) groups excluding carboxylic acids is 2. The van der Waals surface area contributed by atoms with Gasteiger partial charge in [-0.3, -0.25) is 4.79 Å². The van der Waals surface area contributed by atoms with Crippen LogP contribution in [0, 0.1) is 5.92 Å². The van der Waals surface area contributed by atoms with E-state index in [4.69, 9.17) is 5.73 Å². The maximum Gasteiger partial charge on any atom is 0.328 e. The first kappa shape index (κ1) is 12.0. The zero-order valence-electron chi connectivity index (χ0n) is 9.37. The number of hydrogen-bond donors (Lipinski definition) is 2. The third-order valence-electron chi connectivity index (χ3n) is 2.83. The van der Waals surface area contributed by atoms with Crippen LogP contribution in [-0.2, 0) is 14.3 Å². The van der Waals surface area contributed by atoms with Gasteiger partial charge < -0.3 is 15.8 Å². The molecule has 0 saturated carbocycles. The van der Waals surface area contributed by atoms with Gasteiger partial charge in [-0.1, -0.05) is 0 Å². The first-order valence-electron chi connectivity index (χ1n) is 5.00. The van der Waals surface area contributed by atoms with Crippen LogP contribution in [0.5, 0.6) is 0 Å². The van der Waals surface area contributed by atoms with Crippen molar-refractivity contribution in [1.29, 1.82) is 0 Å². The number of piperidine rings is 1. The van der Waals surface area contributed by atoms with Gasteiger partial charge in [-0.25, -0.2) is 4.79 Å². The summed E-state index contributed by atoms with van der Waals surface area (Å²) in [4.78, 5) is 22.7. The highest BCUT2D eigenvalue weighted by atomic mass is 16.5. The Kier molecular flexibility index (Phi) is 3.34. The Morgan fingerprint density at radius 1 is 1.60 bits per heavy atom. The minimum atomic E-state index is -0.552. The van der Waals surface area contributed by atoms with E-state index in [1.807, 2.05) is 13.8 Å². The number of rotatable bonds is 2. The Balaban J connectivity index is 2.72. The van der Waals surface area contributed by atoms with Crippen LogP contribution in [-0.4, -0.2) is 30.6 Å². The minimum absolute atomic E-state index is 0.00958. The summed E-state index contributed by atoms with van der Waals surface area (Å²) in [6.45, 7) is 3.73. The Morgan fingerprint density at radius 2 is 2.20 bits per heavy atom. The molecule has 1 aliphatic rings. The van der Waals surface area contributed by atoms with Crippen LogP contribution in [0.25, 0.3) is 0 Å². The molecule has 5 heteroatoms. The molecule has 86 valence electrons. The molecule has 0 bridgehead atoms. The highest BCUT2D eigenvalue weighted by Gasteiger charge is 2.37. The van der Waals surface area contributed by atoms with E-state index in [0.717, 1.165) is 0 Å². The SMILES string of the molecule is COC(=O)[C@@H]1C[C@@H](C(C)(C)N)CC(=O)N1. The summed E-state index contributed by atoms with van der Waals surface area (Å²) in [5.41, 5.74) is 5.49. The fourth-order valence-electron chi connectivity index (χ4n) is 1.77. The topological polar surface area (TPSA) is 81.4 Å². The van der Waals surface area contributed by atoms with E-state index in [9.17, 15) is 9.59 Å². The molecule has 5 nitrogen and oxygen atoms in total. The standard InChI is InChI=1S/C10H18N2O3/c1-10(2,11)6-4-7(9(14)15-3)12-8(13)5-6/h6-7H,4-5,11H2,1-3H3,(H,12,13)/t6-,7+/m1/s1. The molecule has 0 aliphatic carbocycles. The van der Waals surface area contributed by atoms with Crippen molar-refractivity contribution in [1.82, 2.24) is 5.32 Å². The Hall–Kier alpha value is -1.10. The van der Waals surface area contributed by atoms with Gasteiger partial charge in [-0.05, 0) is 26.2 Å². The van der Waals surface area contributed by atoms with Crippen LogP contribution < -0.4 is 11.1 Å². The zero-order valence-corrected chi connectivity index (χ0v) is 9.37. The zero-order chi connectivity index (χ0) is 11.6. The number of ether oxygens (including phenoxy) is 1. The van der Waals surface area contributed by atoms with Crippen molar-refractivity contribution in [2.24, 2.45) is 11.7 Å². The van der Waals surface area contributed by atoms with Crippen molar-refractivity contribution in [2.45, 2.75) is 38.3 Å². The average Bonchev–Trinajstić information content (AvgIpc) is 2.14. The van der Waals surface area contributed by atoms with Gasteiger partial charge in [-0.2, -0.15) is 0 Å².